The first-order chi connectivity index (χ1) is 5.17. The van der Waals surface area contributed by atoms with Gasteiger partial charge in [0, 0.05) is 0 Å². The largest absolute Gasteiger partial charge is 0.319 e. The van der Waals surface area contributed by atoms with Gasteiger partial charge < -0.3 is 5.32 Å². The van der Waals surface area contributed by atoms with Crippen molar-refractivity contribution in [3.05, 3.63) is 0 Å². The molecular weight excluding hydrogens is 154 g/mol. The van der Waals surface area contributed by atoms with Crippen LogP contribution in [0.25, 0.3) is 0 Å². The van der Waals surface area contributed by atoms with Crippen molar-refractivity contribution in [3.63, 3.8) is 0 Å². The molecule has 1 atom stereocenters. The minimum absolute atomic E-state index is 0.548. The molecule has 1 aliphatic heterocycles. The van der Waals surface area contributed by atoms with Crippen LogP contribution in [0.4, 0.5) is 0 Å². The van der Waals surface area contributed by atoms with Crippen LogP contribution in [0.2, 0.25) is 0 Å². The van der Waals surface area contributed by atoms with Crippen LogP contribution in [0.3, 0.4) is 0 Å². The summed E-state index contributed by atoms with van der Waals surface area (Å²) in [6.07, 6.45) is 1.39. The highest BCUT2D eigenvalue weighted by molar-refractivity contribution is 7.99. The van der Waals surface area contributed by atoms with E-state index < -0.39 is 0 Å². The lowest BCUT2D eigenvalue weighted by molar-refractivity contribution is 0.230. The maximum atomic E-state index is 3.28. The van der Waals surface area contributed by atoms with Gasteiger partial charge in [0.15, 0.2) is 0 Å². The van der Waals surface area contributed by atoms with Crippen LogP contribution in [0.1, 0.15) is 20.3 Å². The van der Waals surface area contributed by atoms with Gasteiger partial charge in [0.2, 0.25) is 0 Å². The summed E-state index contributed by atoms with van der Waals surface area (Å²) in [5, 5.41) is 3.28. The Morgan fingerprint density at radius 1 is 1.55 bits per heavy atom. The first kappa shape index (κ1) is 9.40. The third-order valence-corrected chi connectivity index (χ3v) is 4.11. The maximum absolute atomic E-state index is 3.28. The quantitative estimate of drug-likeness (QED) is 0.685. The lowest BCUT2D eigenvalue weighted by Gasteiger charge is -2.38. The summed E-state index contributed by atoms with van der Waals surface area (Å²) < 4.78 is 0. The second kappa shape index (κ2) is 3.81. The van der Waals surface area contributed by atoms with Crippen molar-refractivity contribution in [3.8, 4) is 0 Å². The highest BCUT2D eigenvalue weighted by atomic mass is 32.2. The molecule has 11 heavy (non-hydrogen) atoms. The van der Waals surface area contributed by atoms with Crippen LogP contribution < -0.4 is 5.32 Å². The van der Waals surface area contributed by atoms with Crippen LogP contribution in [0.5, 0.6) is 0 Å². The van der Waals surface area contributed by atoms with Crippen LogP contribution in [0.15, 0.2) is 0 Å². The van der Waals surface area contributed by atoms with Crippen molar-refractivity contribution in [2.75, 3.05) is 25.1 Å². The van der Waals surface area contributed by atoms with Crippen molar-refractivity contribution in [1.29, 1.82) is 0 Å². The first-order valence-electron chi connectivity index (χ1n) is 4.39. The van der Waals surface area contributed by atoms with Crippen molar-refractivity contribution >= 4 is 11.8 Å². The second-order valence-corrected chi connectivity index (χ2v) is 5.19. The number of hydrogen-bond donors (Lipinski definition) is 1. The Morgan fingerprint density at radius 3 is 2.82 bits per heavy atom. The summed E-state index contributed by atoms with van der Waals surface area (Å²) in [5.74, 6) is 3.57. The van der Waals surface area contributed by atoms with Gasteiger partial charge in [-0.2, -0.15) is 11.8 Å². The molecule has 0 bridgehead atoms. The highest BCUT2D eigenvalue weighted by Crippen LogP contribution is 2.38. The monoisotopic (exact) mass is 173 g/mol. The van der Waals surface area contributed by atoms with E-state index >= 15 is 0 Å². The average Bonchev–Trinajstić information content (AvgIpc) is 1.94. The van der Waals surface area contributed by atoms with Crippen molar-refractivity contribution < 1.29 is 0 Å². The van der Waals surface area contributed by atoms with E-state index in [0.29, 0.717) is 5.41 Å². The molecule has 0 aromatic carbocycles. The van der Waals surface area contributed by atoms with Gasteiger partial charge in [0.1, 0.15) is 0 Å². The number of nitrogens with one attached hydrogen (secondary N) is 1. The van der Waals surface area contributed by atoms with Crippen LogP contribution in [0, 0.1) is 11.3 Å². The third kappa shape index (κ3) is 2.38. The lowest BCUT2D eigenvalue weighted by atomic mass is 9.78. The van der Waals surface area contributed by atoms with Crippen LogP contribution in [-0.4, -0.2) is 25.1 Å². The molecule has 0 saturated carbocycles. The standard InChI is InChI=1S/C9H19NS/c1-9(2)7-11-5-4-8(9)6-10-3/h8,10H,4-7H2,1-3H3. The number of thioether (sulfide) groups is 1. The van der Waals surface area contributed by atoms with Gasteiger partial charge in [-0.3, -0.25) is 0 Å². The zero-order chi connectivity index (χ0) is 8.32. The third-order valence-electron chi connectivity index (χ3n) is 2.64. The fourth-order valence-electron chi connectivity index (χ4n) is 1.69. The molecule has 0 radical (unpaired) electrons. The number of rotatable bonds is 2. The van der Waals surface area contributed by atoms with Crippen molar-refractivity contribution in [2.24, 2.45) is 11.3 Å². The van der Waals surface area contributed by atoms with E-state index in [2.05, 4.69) is 38.0 Å². The molecule has 0 aliphatic carbocycles. The molecule has 2 heteroatoms. The van der Waals surface area contributed by atoms with Gasteiger partial charge in [-0.1, -0.05) is 13.8 Å². The van der Waals surface area contributed by atoms with Gasteiger partial charge in [-0.05, 0) is 42.9 Å². The molecule has 1 rings (SSSR count). The predicted molar refractivity (Wildman–Crippen MR) is 53.1 cm³/mol. The fourth-order valence-corrected chi connectivity index (χ4v) is 3.05. The molecule has 1 N–H and O–H groups in total. The minimum atomic E-state index is 0.548. The van der Waals surface area contributed by atoms with Crippen molar-refractivity contribution in [2.45, 2.75) is 20.3 Å². The Morgan fingerprint density at radius 2 is 2.27 bits per heavy atom. The molecule has 1 nitrogen and oxygen atoms in total. The Bertz CT molecular complexity index is 121. The topological polar surface area (TPSA) is 12.0 Å². The smallest absolute Gasteiger partial charge is 0.00130 e. The van der Waals surface area contributed by atoms with E-state index in [1.807, 2.05) is 0 Å². The van der Waals surface area contributed by atoms with E-state index in [-0.39, 0.29) is 0 Å². The zero-order valence-electron chi connectivity index (χ0n) is 7.81. The predicted octanol–water partition coefficient (Wildman–Crippen LogP) is 1.99. The van der Waals surface area contributed by atoms with E-state index in [0.717, 1.165) is 5.92 Å². The molecular formula is C9H19NS. The molecule has 1 heterocycles. The summed E-state index contributed by atoms with van der Waals surface area (Å²) in [6, 6.07) is 0. The van der Waals surface area contributed by atoms with Crippen LogP contribution in [-0.2, 0) is 0 Å². The fraction of sp³-hybridized carbons (Fsp3) is 1.00. The van der Waals surface area contributed by atoms with Crippen LogP contribution >= 0.6 is 11.8 Å². The highest BCUT2D eigenvalue weighted by Gasteiger charge is 2.31. The lowest BCUT2D eigenvalue weighted by Crippen LogP contribution is -2.37. The van der Waals surface area contributed by atoms with E-state index in [4.69, 9.17) is 0 Å². The molecule has 0 spiro atoms. The normalized spacial score (nSPS) is 30.3. The Balaban J connectivity index is 2.45. The van der Waals surface area contributed by atoms with E-state index in [1.54, 1.807) is 0 Å². The van der Waals surface area contributed by atoms with Gasteiger partial charge in [-0.25, -0.2) is 0 Å². The molecule has 1 unspecified atom stereocenters. The summed E-state index contributed by atoms with van der Waals surface area (Å²) in [5.41, 5.74) is 0.548. The summed E-state index contributed by atoms with van der Waals surface area (Å²) in [6.45, 7) is 5.97. The molecule has 1 aliphatic rings. The molecule has 1 fully saturated rings. The van der Waals surface area contributed by atoms with Gasteiger partial charge in [0.25, 0.3) is 0 Å². The van der Waals surface area contributed by atoms with Gasteiger partial charge >= 0.3 is 0 Å². The van der Waals surface area contributed by atoms with Gasteiger partial charge in [0.05, 0.1) is 0 Å². The first-order valence-corrected chi connectivity index (χ1v) is 5.54. The Labute approximate surface area is 74.3 Å². The molecule has 0 aromatic heterocycles. The average molecular weight is 173 g/mol. The summed E-state index contributed by atoms with van der Waals surface area (Å²) in [7, 11) is 2.05. The number of hydrogen-bond acceptors (Lipinski definition) is 2. The van der Waals surface area contributed by atoms with Gasteiger partial charge in [-0.15, -0.1) is 0 Å². The van der Waals surface area contributed by atoms with E-state index in [1.165, 1.54) is 24.5 Å². The summed E-state index contributed by atoms with van der Waals surface area (Å²) >= 11 is 2.10. The minimum Gasteiger partial charge on any atom is -0.319 e. The zero-order valence-corrected chi connectivity index (χ0v) is 8.63. The molecule has 0 amide bonds. The SMILES string of the molecule is CNCC1CCSCC1(C)C. The maximum Gasteiger partial charge on any atom is -0.00130 e. The molecule has 66 valence electrons. The molecule has 1 saturated heterocycles. The van der Waals surface area contributed by atoms with Crippen molar-refractivity contribution in [1.82, 2.24) is 5.32 Å². The Kier molecular flexibility index (Phi) is 3.26. The van der Waals surface area contributed by atoms with E-state index in [9.17, 15) is 0 Å². The second-order valence-electron chi connectivity index (χ2n) is 4.08. The Hall–Kier alpha value is 0.310. The summed E-state index contributed by atoms with van der Waals surface area (Å²) in [4.78, 5) is 0. The molecule has 0 aromatic rings.